The highest BCUT2D eigenvalue weighted by molar-refractivity contribution is 7.97. The molecule has 2 aliphatic carbocycles. The van der Waals surface area contributed by atoms with E-state index in [1.165, 1.54) is 14.7 Å². The fourth-order valence-electron chi connectivity index (χ4n) is 6.41. The second-order valence-corrected chi connectivity index (χ2v) is 17.8. The van der Waals surface area contributed by atoms with Crippen molar-refractivity contribution >= 4 is 26.8 Å². The topological polar surface area (TPSA) is 92.7 Å². The van der Waals surface area contributed by atoms with Crippen LogP contribution in [0.2, 0.25) is 0 Å². The summed E-state index contributed by atoms with van der Waals surface area (Å²) in [5, 5.41) is 0. The molecule has 8 heteroatoms. The Labute approximate surface area is 266 Å². The molecule has 2 saturated carbocycles. The van der Waals surface area contributed by atoms with Gasteiger partial charge in [-0.05, 0) is 102 Å². The molecule has 0 saturated heterocycles. The number of ketones is 1. The van der Waals surface area contributed by atoms with Crippen LogP contribution in [0, 0.1) is 16.7 Å². The number of carbonyl (C=O) groups is 1. The van der Waals surface area contributed by atoms with Gasteiger partial charge < -0.3 is 14.0 Å². The van der Waals surface area contributed by atoms with Crippen molar-refractivity contribution in [3.05, 3.63) is 78.9 Å². The van der Waals surface area contributed by atoms with Crippen LogP contribution >= 0.6 is 0 Å². The lowest BCUT2D eigenvalue weighted by molar-refractivity contribution is -0.128. The third-order valence-corrected chi connectivity index (χ3v) is 11.5. The minimum atomic E-state index is -4.33. The van der Waals surface area contributed by atoms with Gasteiger partial charge in [0.25, 0.3) is 0 Å². The van der Waals surface area contributed by atoms with Gasteiger partial charge in [-0.15, -0.1) is 0 Å². The summed E-state index contributed by atoms with van der Waals surface area (Å²) in [6, 6.07) is 27.5. The SMILES string of the molecule is CC(C)(C)Oc1cccc([S+](c2ccccc2)c2cccc(OC(C)(C)C)c2)c1.CC1(C)C2CCC1(CS(=O)(=O)[O-])C(=O)C2. The Bertz CT molecular complexity index is 1510. The van der Waals surface area contributed by atoms with Gasteiger partial charge in [-0.1, -0.05) is 44.2 Å². The summed E-state index contributed by atoms with van der Waals surface area (Å²) < 4.78 is 45.0. The van der Waals surface area contributed by atoms with Crippen LogP contribution in [-0.4, -0.2) is 35.7 Å². The highest BCUT2D eigenvalue weighted by Gasteiger charge is 2.64. The van der Waals surface area contributed by atoms with Gasteiger partial charge in [-0.25, -0.2) is 8.42 Å². The molecule has 2 fully saturated rings. The van der Waals surface area contributed by atoms with Crippen LogP contribution in [0.25, 0.3) is 0 Å². The third-order valence-electron chi connectivity index (χ3n) is 8.47. The van der Waals surface area contributed by atoms with Gasteiger partial charge in [0.05, 0.1) is 26.8 Å². The van der Waals surface area contributed by atoms with Gasteiger partial charge in [0.1, 0.15) is 28.5 Å². The van der Waals surface area contributed by atoms with Crippen molar-refractivity contribution in [2.24, 2.45) is 16.7 Å². The number of hydrogen-bond donors (Lipinski definition) is 0. The molecule has 0 amide bonds. The summed E-state index contributed by atoms with van der Waals surface area (Å²) >= 11 is 0. The molecule has 2 bridgehead atoms. The lowest BCUT2D eigenvalue weighted by atomic mass is 9.70. The van der Waals surface area contributed by atoms with E-state index in [2.05, 4.69) is 108 Å². The summed E-state index contributed by atoms with van der Waals surface area (Å²) in [5.74, 6) is 1.51. The van der Waals surface area contributed by atoms with E-state index in [9.17, 15) is 17.8 Å². The Morgan fingerprint density at radius 3 is 1.66 bits per heavy atom. The monoisotopic (exact) mass is 638 g/mol. The van der Waals surface area contributed by atoms with Crippen LogP contribution in [0.15, 0.2) is 93.5 Å². The van der Waals surface area contributed by atoms with Crippen LogP contribution < -0.4 is 9.47 Å². The standard InChI is InChI=1S/C26H31O2S.C10H16O4S/c1-25(2,3)27-20-12-10-16-23(18-20)29(22-14-8-7-9-15-22)24-17-11-13-21(19-24)28-26(4,5)6;1-9(2)7-3-4-10(9,8(11)5-7)6-15(12,13)14/h7-19H,1-6H3;7H,3-6H2,1-2H3,(H,12,13,14)/q+1;/p-1. The fourth-order valence-corrected chi connectivity index (χ4v) is 9.84. The van der Waals surface area contributed by atoms with Crippen molar-refractivity contribution in [3.8, 4) is 11.5 Å². The van der Waals surface area contributed by atoms with Crippen LogP contribution in [-0.2, 0) is 25.8 Å². The van der Waals surface area contributed by atoms with E-state index in [1.54, 1.807) is 0 Å². The van der Waals surface area contributed by atoms with Crippen molar-refractivity contribution in [3.63, 3.8) is 0 Å². The van der Waals surface area contributed by atoms with Gasteiger partial charge in [0.15, 0.2) is 14.7 Å². The third kappa shape index (κ3) is 8.06. The minimum Gasteiger partial charge on any atom is -0.748 e. The quantitative estimate of drug-likeness (QED) is 0.192. The van der Waals surface area contributed by atoms with E-state index in [4.69, 9.17) is 9.47 Å². The molecule has 2 aliphatic rings. The molecule has 6 nitrogen and oxygen atoms in total. The molecule has 0 spiro atoms. The van der Waals surface area contributed by atoms with Crippen molar-refractivity contribution in [1.29, 1.82) is 0 Å². The van der Waals surface area contributed by atoms with Gasteiger partial charge >= 0.3 is 0 Å². The van der Waals surface area contributed by atoms with Crippen LogP contribution in [0.1, 0.15) is 74.7 Å². The first-order chi connectivity index (χ1) is 20.3. The molecule has 44 heavy (non-hydrogen) atoms. The smallest absolute Gasteiger partial charge is 0.170 e. The Morgan fingerprint density at radius 2 is 1.27 bits per heavy atom. The maximum absolute atomic E-state index is 11.8. The summed E-state index contributed by atoms with van der Waals surface area (Å²) in [7, 11) is -4.58. The molecule has 0 radical (unpaired) electrons. The van der Waals surface area contributed by atoms with Gasteiger partial charge in [-0.3, -0.25) is 4.79 Å². The zero-order valence-electron chi connectivity index (χ0n) is 27.2. The number of benzene rings is 3. The summed E-state index contributed by atoms with van der Waals surface area (Å²) in [4.78, 5) is 15.6. The van der Waals surface area contributed by atoms with Crippen LogP contribution in [0.5, 0.6) is 11.5 Å². The van der Waals surface area contributed by atoms with E-state index >= 15 is 0 Å². The van der Waals surface area contributed by atoms with Crippen molar-refractivity contribution in [2.45, 2.75) is 101 Å². The Balaban J connectivity index is 0.000000246. The first-order valence-electron chi connectivity index (χ1n) is 15.1. The average molecular weight is 639 g/mol. The second kappa shape index (κ2) is 12.5. The molecule has 2 atom stereocenters. The van der Waals surface area contributed by atoms with Crippen molar-refractivity contribution in [2.75, 3.05) is 5.75 Å². The number of hydrogen-bond acceptors (Lipinski definition) is 6. The largest absolute Gasteiger partial charge is 0.748 e. The van der Waals surface area contributed by atoms with Gasteiger partial charge in [0.2, 0.25) is 0 Å². The van der Waals surface area contributed by atoms with E-state index in [0.29, 0.717) is 12.8 Å². The van der Waals surface area contributed by atoms with Gasteiger partial charge in [0, 0.05) is 24.0 Å². The number of fused-ring (bicyclic) bond motifs is 2. The number of Topliss-reactive ketones (excluding diaryl/α,β-unsaturated/α-hetero) is 1. The summed E-state index contributed by atoms with van der Waals surface area (Å²) in [6.07, 6.45) is 1.88. The highest BCUT2D eigenvalue weighted by atomic mass is 32.2. The van der Waals surface area contributed by atoms with Crippen LogP contribution in [0.4, 0.5) is 0 Å². The van der Waals surface area contributed by atoms with Crippen molar-refractivity contribution in [1.82, 2.24) is 0 Å². The molecular formula is C36H46O6S2. The molecular weight excluding hydrogens is 593 g/mol. The summed E-state index contributed by atoms with van der Waals surface area (Å²) in [6.45, 7) is 16.3. The van der Waals surface area contributed by atoms with Crippen LogP contribution in [0.3, 0.4) is 0 Å². The van der Waals surface area contributed by atoms with E-state index in [1.807, 2.05) is 26.0 Å². The fraction of sp³-hybridized carbons (Fsp3) is 0.472. The molecule has 3 aromatic carbocycles. The first-order valence-corrected chi connectivity index (χ1v) is 17.9. The minimum absolute atomic E-state index is 0.0248. The van der Waals surface area contributed by atoms with E-state index < -0.39 is 21.3 Å². The van der Waals surface area contributed by atoms with Crippen molar-refractivity contribution < 1.29 is 27.2 Å². The van der Waals surface area contributed by atoms with E-state index in [0.717, 1.165) is 17.9 Å². The number of carbonyl (C=O) groups excluding carboxylic acids is 1. The molecule has 0 N–H and O–H groups in total. The molecule has 0 aliphatic heterocycles. The Morgan fingerprint density at radius 1 is 0.795 bits per heavy atom. The summed E-state index contributed by atoms with van der Waals surface area (Å²) in [5.41, 5.74) is -1.69. The van der Waals surface area contributed by atoms with E-state index in [-0.39, 0.29) is 39.2 Å². The number of rotatable bonds is 7. The molecule has 2 unspecified atom stereocenters. The maximum Gasteiger partial charge on any atom is 0.170 e. The molecule has 0 heterocycles. The highest BCUT2D eigenvalue weighted by Crippen LogP contribution is 2.64. The second-order valence-electron chi connectivity index (χ2n) is 14.4. The predicted octanol–water partition coefficient (Wildman–Crippen LogP) is 8.06. The lowest BCUT2D eigenvalue weighted by Crippen LogP contribution is -2.42. The lowest BCUT2D eigenvalue weighted by Gasteiger charge is -2.37. The van der Waals surface area contributed by atoms with Gasteiger partial charge in [-0.2, -0.15) is 0 Å². The zero-order chi connectivity index (χ0) is 32.6. The number of ether oxygens (including phenoxy) is 2. The average Bonchev–Trinajstić information content (AvgIpc) is 3.22. The Kier molecular flexibility index (Phi) is 9.70. The molecule has 3 aromatic rings. The molecule has 5 rings (SSSR count). The molecule has 238 valence electrons. The Hall–Kier alpha value is -2.81. The maximum atomic E-state index is 11.8. The first kappa shape index (κ1) is 34.1. The normalized spacial score (nSPS) is 21.1. The predicted molar refractivity (Wildman–Crippen MR) is 175 cm³/mol. The zero-order valence-corrected chi connectivity index (χ0v) is 28.8. The molecule has 0 aromatic heterocycles.